The molecule has 0 atom stereocenters. The van der Waals surface area contributed by atoms with Crippen LogP contribution in [0.15, 0.2) is 58.3 Å². The fourth-order valence-electron chi connectivity index (χ4n) is 1.74. The quantitative estimate of drug-likeness (QED) is 0.793. The van der Waals surface area contributed by atoms with Crippen molar-refractivity contribution < 1.29 is 9.90 Å². The molecule has 0 saturated heterocycles. The van der Waals surface area contributed by atoms with E-state index in [-0.39, 0.29) is 5.56 Å². The minimum absolute atomic E-state index is 0.258. The molecule has 0 aliphatic heterocycles. The number of carbonyl (C=O) groups excluding carboxylic acids is 1. The number of carboxylic acid groups (broad SMARTS) is 1. The summed E-state index contributed by atoms with van der Waals surface area (Å²) in [4.78, 5) is 13.0. The van der Waals surface area contributed by atoms with Gasteiger partial charge in [0.05, 0.1) is 5.97 Å². The van der Waals surface area contributed by atoms with Crippen molar-refractivity contribution in [2.45, 2.75) is 15.5 Å². The highest BCUT2D eigenvalue weighted by Gasteiger charge is 2.05. The highest BCUT2D eigenvalue weighted by molar-refractivity contribution is 7.99. The molecular formula is C15H13O2S2-. The maximum absolute atomic E-state index is 11.0. The van der Waals surface area contributed by atoms with E-state index < -0.39 is 5.97 Å². The summed E-state index contributed by atoms with van der Waals surface area (Å²) in [5.41, 5.74) is 1.47. The summed E-state index contributed by atoms with van der Waals surface area (Å²) in [6.45, 7) is 0. The maximum atomic E-state index is 11.0. The van der Waals surface area contributed by atoms with Crippen molar-refractivity contribution in [2.75, 3.05) is 6.26 Å². The fraction of sp³-hybridized carbons (Fsp3) is 0.133. The number of rotatable bonds is 5. The van der Waals surface area contributed by atoms with Crippen molar-refractivity contribution in [2.24, 2.45) is 0 Å². The third-order valence-electron chi connectivity index (χ3n) is 2.68. The molecule has 0 aliphatic carbocycles. The van der Waals surface area contributed by atoms with Crippen LogP contribution in [-0.2, 0) is 5.75 Å². The second kappa shape index (κ2) is 6.68. The van der Waals surface area contributed by atoms with Crippen LogP contribution < -0.4 is 5.11 Å². The van der Waals surface area contributed by atoms with E-state index in [9.17, 15) is 9.90 Å². The van der Waals surface area contributed by atoms with Crippen LogP contribution in [-0.4, -0.2) is 12.2 Å². The molecule has 0 N–H and O–H groups in total. The molecule has 0 aromatic heterocycles. The van der Waals surface area contributed by atoms with E-state index in [0.29, 0.717) is 0 Å². The van der Waals surface area contributed by atoms with Crippen molar-refractivity contribution in [3.8, 4) is 0 Å². The SMILES string of the molecule is CSc1ccccc1CSc1ccccc1C(=O)[O-]. The van der Waals surface area contributed by atoms with Crippen LogP contribution >= 0.6 is 23.5 Å². The van der Waals surface area contributed by atoms with Gasteiger partial charge in [-0.1, -0.05) is 36.4 Å². The largest absolute Gasteiger partial charge is 0.545 e. The Labute approximate surface area is 121 Å². The van der Waals surface area contributed by atoms with E-state index >= 15 is 0 Å². The van der Waals surface area contributed by atoms with Crippen molar-refractivity contribution in [3.05, 3.63) is 59.7 Å². The molecule has 4 heteroatoms. The summed E-state index contributed by atoms with van der Waals surface area (Å²) < 4.78 is 0. The summed E-state index contributed by atoms with van der Waals surface area (Å²) in [5, 5.41) is 11.0. The Hall–Kier alpha value is -1.39. The van der Waals surface area contributed by atoms with E-state index in [1.165, 1.54) is 22.2 Å². The number of benzene rings is 2. The number of carbonyl (C=O) groups is 1. The van der Waals surface area contributed by atoms with Gasteiger partial charge in [0.15, 0.2) is 0 Å². The lowest BCUT2D eigenvalue weighted by Crippen LogP contribution is -2.22. The van der Waals surface area contributed by atoms with Crippen molar-refractivity contribution in [1.82, 2.24) is 0 Å². The third kappa shape index (κ3) is 3.55. The lowest BCUT2D eigenvalue weighted by molar-refractivity contribution is -0.255. The van der Waals surface area contributed by atoms with Gasteiger partial charge in [-0.05, 0) is 24.0 Å². The molecule has 2 nitrogen and oxygen atoms in total. The molecule has 2 rings (SSSR count). The Kier molecular flexibility index (Phi) is 4.93. The van der Waals surface area contributed by atoms with E-state index in [1.54, 1.807) is 23.9 Å². The zero-order chi connectivity index (χ0) is 13.7. The van der Waals surface area contributed by atoms with Crippen LogP contribution in [0, 0.1) is 0 Å². The summed E-state index contributed by atoms with van der Waals surface area (Å²) in [6, 6.07) is 15.1. The first kappa shape index (κ1) is 14.0. The first-order valence-electron chi connectivity index (χ1n) is 5.77. The Morgan fingerprint density at radius 1 is 1.05 bits per heavy atom. The van der Waals surface area contributed by atoms with Gasteiger partial charge in [-0.2, -0.15) is 0 Å². The van der Waals surface area contributed by atoms with Gasteiger partial charge in [0.25, 0.3) is 0 Å². The van der Waals surface area contributed by atoms with Gasteiger partial charge in [0.1, 0.15) is 0 Å². The molecule has 0 radical (unpaired) electrons. The van der Waals surface area contributed by atoms with Gasteiger partial charge < -0.3 is 9.90 Å². The molecule has 0 fully saturated rings. The molecule has 98 valence electrons. The first-order chi connectivity index (χ1) is 9.22. The smallest absolute Gasteiger partial charge is 0.0726 e. The highest BCUT2D eigenvalue weighted by atomic mass is 32.2. The molecule has 19 heavy (non-hydrogen) atoms. The van der Waals surface area contributed by atoms with Gasteiger partial charge in [-0.3, -0.25) is 0 Å². The summed E-state index contributed by atoms with van der Waals surface area (Å²) in [7, 11) is 0. The van der Waals surface area contributed by atoms with Crippen molar-refractivity contribution >= 4 is 29.5 Å². The van der Waals surface area contributed by atoms with Gasteiger partial charge in [0, 0.05) is 21.1 Å². The maximum Gasteiger partial charge on any atom is 0.0726 e. The topological polar surface area (TPSA) is 40.1 Å². The van der Waals surface area contributed by atoms with E-state index in [4.69, 9.17) is 0 Å². The molecule has 0 bridgehead atoms. The van der Waals surface area contributed by atoms with Gasteiger partial charge in [0.2, 0.25) is 0 Å². The molecule has 0 unspecified atom stereocenters. The summed E-state index contributed by atoms with van der Waals surface area (Å²) in [6.07, 6.45) is 2.04. The monoisotopic (exact) mass is 289 g/mol. The molecule has 2 aromatic rings. The number of hydrogen-bond acceptors (Lipinski definition) is 4. The average Bonchev–Trinajstić information content (AvgIpc) is 2.45. The lowest BCUT2D eigenvalue weighted by Gasteiger charge is -2.11. The second-order valence-electron chi connectivity index (χ2n) is 3.88. The summed E-state index contributed by atoms with van der Waals surface area (Å²) >= 11 is 3.22. The number of thioether (sulfide) groups is 2. The minimum Gasteiger partial charge on any atom is -0.545 e. The number of hydrogen-bond donors (Lipinski definition) is 0. The second-order valence-corrected chi connectivity index (χ2v) is 5.75. The van der Waals surface area contributed by atoms with Crippen molar-refractivity contribution in [1.29, 1.82) is 0 Å². The first-order valence-corrected chi connectivity index (χ1v) is 7.98. The fourth-order valence-corrected chi connectivity index (χ4v) is 3.49. The molecule has 0 saturated carbocycles. The Morgan fingerprint density at radius 2 is 1.68 bits per heavy atom. The summed E-state index contributed by atoms with van der Waals surface area (Å²) in [5.74, 6) is -0.373. The van der Waals surface area contributed by atoms with E-state index in [2.05, 4.69) is 12.1 Å². The highest BCUT2D eigenvalue weighted by Crippen LogP contribution is 2.29. The van der Waals surface area contributed by atoms with Crippen molar-refractivity contribution in [3.63, 3.8) is 0 Å². The zero-order valence-corrected chi connectivity index (χ0v) is 12.1. The normalized spacial score (nSPS) is 10.4. The predicted molar refractivity (Wildman–Crippen MR) is 78.6 cm³/mol. The van der Waals surface area contributed by atoms with Crippen LogP contribution in [0.5, 0.6) is 0 Å². The molecule has 0 aliphatic rings. The van der Waals surface area contributed by atoms with Gasteiger partial charge in [-0.25, -0.2) is 0 Å². The van der Waals surface area contributed by atoms with Gasteiger partial charge >= 0.3 is 0 Å². The number of aromatic carboxylic acids is 1. The van der Waals surface area contributed by atoms with E-state index in [1.807, 2.05) is 30.5 Å². The lowest BCUT2D eigenvalue weighted by atomic mass is 10.2. The van der Waals surface area contributed by atoms with Crippen LogP contribution in [0.4, 0.5) is 0 Å². The average molecular weight is 289 g/mol. The molecule has 0 amide bonds. The van der Waals surface area contributed by atoms with E-state index in [0.717, 1.165) is 10.6 Å². The Bertz CT molecular complexity index is 582. The molecule has 0 heterocycles. The Balaban J connectivity index is 2.17. The van der Waals surface area contributed by atoms with Crippen LogP contribution in [0.1, 0.15) is 15.9 Å². The minimum atomic E-state index is -1.12. The zero-order valence-electron chi connectivity index (χ0n) is 10.5. The van der Waals surface area contributed by atoms with Crippen LogP contribution in [0.2, 0.25) is 0 Å². The standard InChI is InChI=1S/C15H14O2S2/c1-18-13-8-4-2-6-11(13)10-19-14-9-5-3-7-12(14)15(16)17/h2-9H,10H2,1H3,(H,16,17)/p-1. The van der Waals surface area contributed by atoms with Crippen LogP contribution in [0.25, 0.3) is 0 Å². The Morgan fingerprint density at radius 3 is 2.37 bits per heavy atom. The van der Waals surface area contributed by atoms with Crippen LogP contribution in [0.3, 0.4) is 0 Å². The molecular weight excluding hydrogens is 276 g/mol. The van der Waals surface area contributed by atoms with Gasteiger partial charge in [-0.15, -0.1) is 23.5 Å². The molecule has 2 aromatic carbocycles. The predicted octanol–water partition coefficient (Wildman–Crippen LogP) is 3.06. The number of carboxylic acids is 1. The molecule has 0 spiro atoms. The third-order valence-corrected chi connectivity index (χ3v) is 4.64.